The molecule has 0 aliphatic carbocycles. The topological polar surface area (TPSA) is 29.3 Å². The number of rotatable bonds is 5. The van der Waals surface area contributed by atoms with Crippen molar-refractivity contribution in [1.82, 2.24) is 14.7 Å². The van der Waals surface area contributed by atoms with Crippen molar-refractivity contribution in [2.45, 2.75) is 23.6 Å². The van der Waals surface area contributed by atoms with E-state index in [4.69, 9.17) is 0 Å². The summed E-state index contributed by atoms with van der Waals surface area (Å²) in [6, 6.07) is 15.1. The summed E-state index contributed by atoms with van der Waals surface area (Å²) >= 11 is 1.83. The fourth-order valence-corrected chi connectivity index (χ4v) is 3.10. The van der Waals surface area contributed by atoms with Crippen LogP contribution in [-0.4, -0.2) is 16.4 Å². The highest BCUT2D eigenvalue weighted by Crippen LogP contribution is 2.25. The highest BCUT2D eigenvalue weighted by atomic mass is 32.2. The molecule has 2 heterocycles. The van der Waals surface area contributed by atoms with Crippen LogP contribution < -0.4 is 5.32 Å². The molecule has 2 aromatic heterocycles. The molecule has 108 valence electrons. The maximum absolute atomic E-state index is 4.63. The van der Waals surface area contributed by atoms with Crippen LogP contribution in [0.4, 0.5) is 0 Å². The zero-order valence-electron chi connectivity index (χ0n) is 12.3. The van der Waals surface area contributed by atoms with Crippen LogP contribution in [0.15, 0.2) is 59.8 Å². The lowest BCUT2D eigenvalue weighted by atomic mass is 10.1. The third kappa shape index (κ3) is 3.28. The number of nitrogens with one attached hydrogen (secondary N) is 1. The second-order valence-corrected chi connectivity index (χ2v) is 6.12. The first-order valence-electron chi connectivity index (χ1n) is 7.09. The van der Waals surface area contributed by atoms with Gasteiger partial charge in [0.05, 0.1) is 5.69 Å². The van der Waals surface area contributed by atoms with Crippen LogP contribution in [0, 0.1) is 0 Å². The van der Waals surface area contributed by atoms with Crippen LogP contribution in [0.5, 0.6) is 0 Å². The molecule has 1 N–H and O–H groups in total. The highest BCUT2D eigenvalue weighted by molar-refractivity contribution is 7.98. The van der Waals surface area contributed by atoms with Crippen LogP contribution in [0.3, 0.4) is 0 Å². The minimum atomic E-state index is 0.376. The molecule has 4 heteroatoms. The average Bonchev–Trinajstić information content (AvgIpc) is 2.95. The van der Waals surface area contributed by atoms with Crippen molar-refractivity contribution in [2.24, 2.45) is 0 Å². The summed E-state index contributed by atoms with van der Waals surface area (Å²) in [7, 11) is 1.99. The van der Waals surface area contributed by atoms with Crippen molar-refractivity contribution in [2.75, 3.05) is 7.05 Å². The van der Waals surface area contributed by atoms with Gasteiger partial charge in [0.2, 0.25) is 0 Å². The number of aromatic nitrogens is 2. The molecule has 1 aromatic carbocycles. The molecule has 0 fully saturated rings. The zero-order valence-corrected chi connectivity index (χ0v) is 13.1. The van der Waals surface area contributed by atoms with Gasteiger partial charge in [0, 0.05) is 29.1 Å². The van der Waals surface area contributed by atoms with Gasteiger partial charge in [0.15, 0.2) is 0 Å². The number of hydrogen-bond donors (Lipinski definition) is 1. The van der Waals surface area contributed by atoms with Gasteiger partial charge in [-0.15, -0.1) is 11.8 Å². The molecule has 3 rings (SSSR count). The summed E-state index contributed by atoms with van der Waals surface area (Å²) in [4.78, 5) is 5.92. The number of nitrogens with zero attached hydrogens (tertiary/aromatic N) is 2. The standard InChI is InChI=1S/C17H19N3S/c1-13(18-2)14-6-5-7-16(10-14)21-12-15-11-20-9-4-3-8-17(20)19-15/h3-11,13,18H,12H2,1-2H3. The molecule has 21 heavy (non-hydrogen) atoms. The van der Waals surface area contributed by atoms with Crippen molar-refractivity contribution in [3.8, 4) is 0 Å². The van der Waals surface area contributed by atoms with Crippen molar-refractivity contribution in [3.63, 3.8) is 0 Å². The van der Waals surface area contributed by atoms with E-state index in [1.807, 2.05) is 43.2 Å². The zero-order chi connectivity index (χ0) is 14.7. The van der Waals surface area contributed by atoms with Gasteiger partial charge >= 0.3 is 0 Å². The van der Waals surface area contributed by atoms with Crippen molar-refractivity contribution in [1.29, 1.82) is 0 Å². The van der Waals surface area contributed by atoms with E-state index >= 15 is 0 Å². The van der Waals surface area contributed by atoms with Gasteiger partial charge in [-0.1, -0.05) is 18.2 Å². The molecule has 3 nitrogen and oxygen atoms in total. The number of fused-ring (bicyclic) bond motifs is 1. The smallest absolute Gasteiger partial charge is 0.137 e. The Hall–Kier alpha value is -1.78. The van der Waals surface area contributed by atoms with Gasteiger partial charge < -0.3 is 9.72 Å². The number of benzene rings is 1. The van der Waals surface area contributed by atoms with E-state index in [0.717, 1.165) is 17.1 Å². The van der Waals surface area contributed by atoms with Crippen molar-refractivity contribution >= 4 is 17.4 Å². The lowest BCUT2D eigenvalue weighted by Crippen LogP contribution is -2.11. The minimum Gasteiger partial charge on any atom is -0.313 e. The molecular weight excluding hydrogens is 278 g/mol. The summed E-state index contributed by atoms with van der Waals surface area (Å²) in [6.07, 6.45) is 4.13. The molecule has 0 spiro atoms. The minimum absolute atomic E-state index is 0.376. The van der Waals surface area contributed by atoms with Gasteiger partial charge in [-0.3, -0.25) is 0 Å². The van der Waals surface area contributed by atoms with E-state index in [0.29, 0.717) is 6.04 Å². The van der Waals surface area contributed by atoms with Crippen LogP contribution in [0.2, 0.25) is 0 Å². The van der Waals surface area contributed by atoms with Gasteiger partial charge in [-0.25, -0.2) is 4.98 Å². The van der Waals surface area contributed by atoms with E-state index in [2.05, 4.69) is 52.1 Å². The predicted molar refractivity (Wildman–Crippen MR) is 88.7 cm³/mol. The molecule has 0 amide bonds. The monoisotopic (exact) mass is 297 g/mol. The molecule has 0 saturated carbocycles. The Balaban J connectivity index is 1.72. The summed E-state index contributed by atoms with van der Waals surface area (Å²) in [5, 5.41) is 3.28. The maximum Gasteiger partial charge on any atom is 0.137 e. The summed E-state index contributed by atoms with van der Waals surface area (Å²) in [6.45, 7) is 2.17. The molecule has 0 radical (unpaired) electrons. The number of thioether (sulfide) groups is 1. The molecule has 0 saturated heterocycles. The first kappa shape index (κ1) is 14.2. The quantitative estimate of drug-likeness (QED) is 0.724. The van der Waals surface area contributed by atoms with Crippen LogP contribution >= 0.6 is 11.8 Å². The Kier molecular flexibility index (Phi) is 4.27. The van der Waals surface area contributed by atoms with Crippen LogP contribution in [0.25, 0.3) is 5.65 Å². The molecule has 1 atom stereocenters. The Labute approximate surface area is 129 Å². The second kappa shape index (κ2) is 6.33. The Morgan fingerprint density at radius 3 is 2.95 bits per heavy atom. The second-order valence-electron chi connectivity index (χ2n) is 5.07. The molecule has 0 aliphatic rings. The molecule has 0 bridgehead atoms. The molecule has 3 aromatic rings. The number of imidazole rings is 1. The van der Waals surface area contributed by atoms with E-state index in [9.17, 15) is 0 Å². The average molecular weight is 297 g/mol. The lowest BCUT2D eigenvalue weighted by molar-refractivity contribution is 0.651. The van der Waals surface area contributed by atoms with Gasteiger partial charge in [-0.2, -0.15) is 0 Å². The summed E-state index contributed by atoms with van der Waals surface area (Å²) < 4.78 is 2.06. The van der Waals surface area contributed by atoms with Gasteiger partial charge in [-0.05, 0) is 43.8 Å². The predicted octanol–water partition coefficient (Wildman–Crippen LogP) is 3.91. The molecule has 1 unspecified atom stereocenters. The first-order valence-corrected chi connectivity index (χ1v) is 8.07. The van der Waals surface area contributed by atoms with E-state index in [1.165, 1.54) is 10.5 Å². The van der Waals surface area contributed by atoms with Crippen LogP contribution in [-0.2, 0) is 5.75 Å². The number of pyridine rings is 1. The van der Waals surface area contributed by atoms with Gasteiger partial charge in [0.25, 0.3) is 0 Å². The molecule has 0 aliphatic heterocycles. The van der Waals surface area contributed by atoms with Crippen LogP contribution in [0.1, 0.15) is 24.2 Å². The van der Waals surface area contributed by atoms with E-state index < -0.39 is 0 Å². The Morgan fingerprint density at radius 1 is 1.24 bits per heavy atom. The normalized spacial score (nSPS) is 12.7. The fourth-order valence-electron chi connectivity index (χ4n) is 2.25. The van der Waals surface area contributed by atoms with Crippen molar-refractivity contribution in [3.05, 3.63) is 66.1 Å². The Morgan fingerprint density at radius 2 is 2.14 bits per heavy atom. The van der Waals surface area contributed by atoms with Gasteiger partial charge in [0.1, 0.15) is 5.65 Å². The highest BCUT2D eigenvalue weighted by Gasteiger charge is 2.05. The lowest BCUT2D eigenvalue weighted by Gasteiger charge is -2.11. The Bertz CT molecular complexity index is 702. The third-order valence-electron chi connectivity index (χ3n) is 3.59. The summed E-state index contributed by atoms with van der Waals surface area (Å²) in [5.41, 5.74) is 3.43. The third-order valence-corrected chi connectivity index (χ3v) is 4.62. The number of hydrogen-bond acceptors (Lipinski definition) is 3. The molecular formula is C17H19N3S. The van der Waals surface area contributed by atoms with Crippen molar-refractivity contribution < 1.29 is 0 Å². The fraction of sp³-hybridized carbons (Fsp3) is 0.235. The SMILES string of the molecule is CNC(C)c1cccc(SCc2cn3ccccc3n2)c1. The summed E-state index contributed by atoms with van der Waals surface area (Å²) in [5.74, 6) is 0.888. The largest absolute Gasteiger partial charge is 0.313 e. The van der Waals surface area contributed by atoms with E-state index in [-0.39, 0.29) is 0 Å². The van der Waals surface area contributed by atoms with E-state index in [1.54, 1.807) is 0 Å². The first-order chi connectivity index (χ1) is 10.3. The maximum atomic E-state index is 4.63.